The largest absolute Gasteiger partial charge is 0.508 e. The van der Waals surface area contributed by atoms with Crippen molar-refractivity contribution in [2.75, 3.05) is 0 Å². The van der Waals surface area contributed by atoms with Crippen molar-refractivity contribution in [2.24, 2.45) is 0 Å². The lowest BCUT2D eigenvalue weighted by Crippen LogP contribution is -2.42. The Kier molecular flexibility index (Phi) is 14.5. The van der Waals surface area contributed by atoms with E-state index >= 15 is 0 Å². The van der Waals surface area contributed by atoms with E-state index < -0.39 is 12.0 Å². The number of carboxylic acid groups (broad SMARTS) is 1. The SMILES string of the molecule is CCCCCCCCCCCCCCCC(=O)N[C@H](Cc1ccc(O)cc1)C(=O)O. The van der Waals surface area contributed by atoms with Gasteiger partial charge in [-0.15, -0.1) is 0 Å². The maximum atomic E-state index is 12.1. The molecule has 5 nitrogen and oxygen atoms in total. The van der Waals surface area contributed by atoms with E-state index in [-0.39, 0.29) is 18.1 Å². The molecule has 0 aliphatic heterocycles. The highest BCUT2D eigenvalue weighted by atomic mass is 16.4. The predicted molar refractivity (Wildman–Crippen MR) is 122 cm³/mol. The van der Waals surface area contributed by atoms with E-state index in [1.165, 1.54) is 76.3 Å². The molecule has 0 spiro atoms. The van der Waals surface area contributed by atoms with Gasteiger partial charge in [0.1, 0.15) is 11.8 Å². The number of phenols is 1. The van der Waals surface area contributed by atoms with Gasteiger partial charge in [0.2, 0.25) is 5.91 Å². The van der Waals surface area contributed by atoms with Gasteiger partial charge in [0.25, 0.3) is 0 Å². The summed E-state index contributed by atoms with van der Waals surface area (Å²) < 4.78 is 0. The van der Waals surface area contributed by atoms with Gasteiger partial charge in [0.05, 0.1) is 0 Å². The number of nitrogens with one attached hydrogen (secondary N) is 1. The van der Waals surface area contributed by atoms with Crippen molar-refractivity contribution in [3.63, 3.8) is 0 Å². The highest BCUT2D eigenvalue weighted by molar-refractivity contribution is 5.83. The van der Waals surface area contributed by atoms with Gasteiger partial charge in [-0.05, 0) is 24.1 Å². The molecule has 30 heavy (non-hydrogen) atoms. The molecule has 0 radical (unpaired) electrons. The minimum Gasteiger partial charge on any atom is -0.508 e. The smallest absolute Gasteiger partial charge is 0.326 e. The molecule has 5 heteroatoms. The molecule has 0 aromatic heterocycles. The molecule has 0 saturated heterocycles. The average Bonchev–Trinajstić information content (AvgIpc) is 2.72. The summed E-state index contributed by atoms with van der Waals surface area (Å²) in [7, 11) is 0. The van der Waals surface area contributed by atoms with E-state index in [0.29, 0.717) is 6.42 Å². The zero-order valence-electron chi connectivity index (χ0n) is 18.7. The Morgan fingerprint density at radius 2 is 1.27 bits per heavy atom. The molecule has 1 aromatic rings. The van der Waals surface area contributed by atoms with Crippen molar-refractivity contribution < 1.29 is 19.8 Å². The van der Waals surface area contributed by atoms with Crippen LogP contribution in [-0.2, 0) is 16.0 Å². The van der Waals surface area contributed by atoms with E-state index in [1.54, 1.807) is 12.1 Å². The molecular formula is C25H41NO4. The Labute approximate surface area is 182 Å². The van der Waals surface area contributed by atoms with Crippen LogP contribution in [0.1, 0.15) is 102 Å². The van der Waals surface area contributed by atoms with Gasteiger partial charge in [-0.3, -0.25) is 4.79 Å². The Morgan fingerprint density at radius 3 is 1.73 bits per heavy atom. The number of phenolic OH excluding ortho intramolecular Hbond substituents is 1. The molecule has 3 N–H and O–H groups in total. The van der Waals surface area contributed by atoms with Crippen molar-refractivity contribution in [3.05, 3.63) is 29.8 Å². The number of aliphatic carboxylic acids is 1. The molecule has 0 saturated carbocycles. The first-order chi connectivity index (χ1) is 14.5. The Balaban J connectivity index is 2.04. The minimum absolute atomic E-state index is 0.136. The van der Waals surface area contributed by atoms with Crippen LogP contribution < -0.4 is 5.32 Å². The zero-order chi connectivity index (χ0) is 22.0. The van der Waals surface area contributed by atoms with Crippen LogP contribution >= 0.6 is 0 Å². The first kappa shape index (κ1) is 26.0. The van der Waals surface area contributed by atoms with Gasteiger partial charge in [0, 0.05) is 12.8 Å². The van der Waals surface area contributed by atoms with Crippen molar-refractivity contribution in [1.82, 2.24) is 5.32 Å². The number of aromatic hydroxyl groups is 1. The summed E-state index contributed by atoms with van der Waals surface area (Å²) in [6.45, 7) is 2.25. The fourth-order valence-corrected chi connectivity index (χ4v) is 3.64. The van der Waals surface area contributed by atoms with Gasteiger partial charge in [-0.1, -0.05) is 96.1 Å². The van der Waals surface area contributed by atoms with E-state index in [9.17, 15) is 19.8 Å². The molecular weight excluding hydrogens is 378 g/mol. The molecule has 1 aromatic carbocycles. The van der Waals surface area contributed by atoms with Gasteiger partial charge in [-0.25, -0.2) is 4.79 Å². The summed E-state index contributed by atoms with van der Waals surface area (Å²) in [5, 5.41) is 21.3. The zero-order valence-corrected chi connectivity index (χ0v) is 18.7. The summed E-state index contributed by atoms with van der Waals surface area (Å²) in [5.41, 5.74) is 0.765. The van der Waals surface area contributed by atoms with Crippen molar-refractivity contribution in [2.45, 2.75) is 109 Å². The third kappa shape index (κ3) is 13.2. The Bertz CT molecular complexity index is 585. The highest BCUT2D eigenvalue weighted by Crippen LogP contribution is 2.14. The molecule has 0 bridgehead atoms. The first-order valence-corrected chi connectivity index (χ1v) is 11.8. The summed E-state index contributed by atoms with van der Waals surface area (Å²) in [4.78, 5) is 23.5. The number of carboxylic acids is 1. The van der Waals surface area contributed by atoms with Gasteiger partial charge in [-0.2, -0.15) is 0 Å². The van der Waals surface area contributed by atoms with Crippen molar-refractivity contribution >= 4 is 11.9 Å². The number of hydrogen-bond acceptors (Lipinski definition) is 3. The van der Waals surface area contributed by atoms with Gasteiger partial charge < -0.3 is 15.5 Å². The van der Waals surface area contributed by atoms with Crippen LogP contribution in [0.2, 0.25) is 0 Å². The van der Waals surface area contributed by atoms with Crippen LogP contribution in [0.25, 0.3) is 0 Å². The third-order valence-corrected chi connectivity index (χ3v) is 5.52. The molecule has 1 amide bonds. The lowest BCUT2D eigenvalue weighted by Gasteiger charge is -2.14. The Hall–Kier alpha value is -2.04. The molecule has 0 heterocycles. The maximum absolute atomic E-state index is 12.1. The monoisotopic (exact) mass is 419 g/mol. The number of rotatable bonds is 18. The third-order valence-electron chi connectivity index (χ3n) is 5.52. The number of hydrogen-bond donors (Lipinski definition) is 3. The standard InChI is InChI=1S/C25H41NO4/c1-2-3-4-5-6-7-8-9-10-11-12-13-14-15-24(28)26-23(25(29)30)20-21-16-18-22(27)19-17-21/h16-19,23,27H,2-15,20H2,1H3,(H,26,28)(H,29,30)/t23-/m1/s1. The van der Waals surface area contributed by atoms with E-state index in [0.717, 1.165) is 24.8 Å². The molecule has 0 fully saturated rings. The molecule has 0 aliphatic rings. The second kappa shape index (κ2) is 16.7. The minimum atomic E-state index is -1.04. The Morgan fingerprint density at radius 1 is 0.800 bits per heavy atom. The number of carbonyl (C=O) groups excluding carboxylic acids is 1. The van der Waals surface area contributed by atoms with Crippen molar-refractivity contribution in [1.29, 1.82) is 0 Å². The van der Waals surface area contributed by atoms with Crippen LogP contribution in [0.4, 0.5) is 0 Å². The van der Waals surface area contributed by atoms with Crippen LogP contribution in [0.3, 0.4) is 0 Å². The van der Waals surface area contributed by atoms with E-state index in [4.69, 9.17) is 0 Å². The molecule has 1 rings (SSSR count). The van der Waals surface area contributed by atoms with Gasteiger partial charge >= 0.3 is 5.97 Å². The van der Waals surface area contributed by atoms with Gasteiger partial charge in [0.15, 0.2) is 0 Å². The number of carbonyl (C=O) groups is 2. The number of unbranched alkanes of at least 4 members (excludes halogenated alkanes) is 12. The fraction of sp³-hybridized carbons (Fsp3) is 0.680. The molecule has 0 unspecified atom stereocenters. The summed E-state index contributed by atoms with van der Waals surface area (Å²) >= 11 is 0. The van der Waals surface area contributed by atoms with Crippen LogP contribution in [-0.4, -0.2) is 28.1 Å². The number of benzene rings is 1. The molecule has 0 aliphatic carbocycles. The number of amides is 1. The molecule has 1 atom stereocenters. The molecule has 170 valence electrons. The lowest BCUT2D eigenvalue weighted by atomic mass is 10.0. The topological polar surface area (TPSA) is 86.6 Å². The maximum Gasteiger partial charge on any atom is 0.326 e. The first-order valence-electron chi connectivity index (χ1n) is 11.8. The second-order valence-corrected chi connectivity index (χ2v) is 8.32. The summed E-state index contributed by atoms with van der Waals surface area (Å²) in [6, 6.07) is 5.44. The van der Waals surface area contributed by atoms with Crippen LogP contribution in [0.5, 0.6) is 5.75 Å². The average molecular weight is 420 g/mol. The normalized spacial score (nSPS) is 11.9. The summed E-state index contributed by atoms with van der Waals surface area (Å²) in [6.07, 6.45) is 16.9. The van der Waals surface area contributed by atoms with Crippen LogP contribution in [0, 0.1) is 0 Å². The second-order valence-electron chi connectivity index (χ2n) is 8.32. The van der Waals surface area contributed by atoms with Crippen LogP contribution in [0.15, 0.2) is 24.3 Å². The lowest BCUT2D eigenvalue weighted by molar-refractivity contribution is -0.141. The quantitative estimate of drug-likeness (QED) is 0.255. The van der Waals surface area contributed by atoms with Crippen molar-refractivity contribution in [3.8, 4) is 5.75 Å². The fourth-order valence-electron chi connectivity index (χ4n) is 3.64. The predicted octanol–water partition coefficient (Wildman–Crippen LogP) is 5.99. The summed E-state index contributed by atoms with van der Waals surface area (Å²) in [5.74, 6) is -1.11. The highest BCUT2D eigenvalue weighted by Gasteiger charge is 2.20. The van der Waals surface area contributed by atoms with E-state index in [1.807, 2.05) is 0 Å². The van der Waals surface area contributed by atoms with E-state index in [2.05, 4.69) is 12.2 Å².